The number of hydrogen-bond donors (Lipinski definition) is 1. The van der Waals surface area contributed by atoms with Gasteiger partial charge in [0.15, 0.2) is 5.84 Å². The van der Waals surface area contributed by atoms with E-state index in [4.69, 9.17) is 0 Å². The minimum Gasteiger partial charge on any atom is -0.276 e. The van der Waals surface area contributed by atoms with Gasteiger partial charge >= 0.3 is 0 Å². The molecule has 0 saturated heterocycles. The predicted octanol–water partition coefficient (Wildman–Crippen LogP) is 5.91. The number of rotatable bonds is 5. The maximum Gasteiger partial charge on any atom is 0.231 e. The molecule has 24 heavy (non-hydrogen) atoms. The van der Waals surface area contributed by atoms with E-state index in [1.165, 1.54) is 11.3 Å². The molecule has 0 amide bonds. The highest BCUT2D eigenvalue weighted by atomic mass is 32.1. The van der Waals surface area contributed by atoms with Crippen molar-refractivity contribution >= 4 is 38.2 Å². The third-order valence-corrected chi connectivity index (χ3v) is 4.38. The number of hydrazone groups is 1. The second kappa shape index (κ2) is 7.79. The number of hydrogen-bond acceptors (Lipinski definition) is 5. The number of thiazole rings is 1. The standard InChI is InChI=1S/C18H19N5S/c1-3-8-17(21-20-14-10-5-4-9-13(14)2)22-23-18-19-15-11-6-7-12-16(15)24-18/h4-7,9-12,20H,3,8H2,1-2H3/b21-17-,23-22?. The Morgan fingerprint density at radius 2 is 1.92 bits per heavy atom. The molecule has 0 atom stereocenters. The van der Waals surface area contributed by atoms with E-state index >= 15 is 0 Å². The highest BCUT2D eigenvalue weighted by molar-refractivity contribution is 7.21. The van der Waals surface area contributed by atoms with Crippen LogP contribution in [0.5, 0.6) is 0 Å². The fourth-order valence-corrected chi connectivity index (χ4v) is 2.97. The third-order valence-electron chi connectivity index (χ3n) is 3.46. The smallest absolute Gasteiger partial charge is 0.231 e. The monoisotopic (exact) mass is 337 g/mol. The van der Waals surface area contributed by atoms with Crippen LogP contribution in [-0.4, -0.2) is 10.8 Å². The Kier molecular flexibility index (Phi) is 5.28. The van der Waals surface area contributed by atoms with Crippen molar-refractivity contribution in [2.45, 2.75) is 26.7 Å². The van der Waals surface area contributed by atoms with Crippen LogP contribution in [0.1, 0.15) is 25.3 Å². The lowest BCUT2D eigenvalue weighted by atomic mass is 10.2. The zero-order valence-electron chi connectivity index (χ0n) is 13.7. The average Bonchev–Trinajstić information content (AvgIpc) is 3.01. The quantitative estimate of drug-likeness (QED) is 0.272. The molecular formula is C18H19N5S. The zero-order valence-corrected chi connectivity index (χ0v) is 14.5. The summed E-state index contributed by atoms with van der Waals surface area (Å²) in [7, 11) is 0. The van der Waals surface area contributed by atoms with Crippen LogP contribution in [0.2, 0.25) is 0 Å². The van der Waals surface area contributed by atoms with Crippen molar-refractivity contribution in [1.82, 2.24) is 4.98 Å². The lowest BCUT2D eigenvalue weighted by Gasteiger charge is -2.04. The molecule has 3 aromatic rings. The largest absolute Gasteiger partial charge is 0.276 e. The predicted molar refractivity (Wildman–Crippen MR) is 101 cm³/mol. The summed E-state index contributed by atoms with van der Waals surface area (Å²) in [6.07, 6.45) is 1.71. The van der Waals surface area contributed by atoms with Gasteiger partial charge in [0.2, 0.25) is 5.13 Å². The number of amidine groups is 1. The van der Waals surface area contributed by atoms with E-state index in [1.54, 1.807) is 0 Å². The Labute approximate surface area is 145 Å². The van der Waals surface area contributed by atoms with Crippen molar-refractivity contribution in [3.63, 3.8) is 0 Å². The summed E-state index contributed by atoms with van der Waals surface area (Å²) in [6, 6.07) is 16.0. The van der Waals surface area contributed by atoms with Gasteiger partial charge in [-0.3, -0.25) is 5.43 Å². The topological polar surface area (TPSA) is 62.0 Å². The molecule has 1 heterocycles. The molecule has 0 unspecified atom stereocenters. The van der Waals surface area contributed by atoms with Gasteiger partial charge in [-0.1, -0.05) is 48.6 Å². The molecule has 122 valence electrons. The van der Waals surface area contributed by atoms with Crippen LogP contribution in [0.4, 0.5) is 10.8 Å². The first-order chi connectivity index (χ1) is 11.8. The molecule has 0 aliphatic carbocycles. The Bertz CT molecular complexity index is 849. The van der Waals surface area contributed by atoms with Crippen LogP contribution < -0.4 is 5.43 Å². The number of aryl methyl sites for hydroxylation is 1. The van der Waals surface area contributed by atoms with Gasteiger partial charge in [-0.2, -0.15) is 5.10 Å². The van der Waals surface area contributed by atoms with Crippen molar-refractivity contribution in [1.29, 1.82) is 0 Å². The van der Waals surface area contributed by atoms with Gasteiger partial charge in [0.05, 0.1) is 15.9 Å². The summed E-state index contributed by atoms with van der Waals surface area (Å²) in [5.74, 6) is 0.667. The highest BCUT2D eigenvalue weighted by Crippen LogP contribution is 2.27. The maximum atomic E-state index is 4.46. The van der Waals surface area contributed by atoms with Crippen LogP contribution in [0.25, 0.3) is 10.2 Å². The van der Waals surface area contributed by atoms with Crippen LogP contribution in [0, 0.1) is 6.92 Å². The zero-order chi connectivity index (χ0) is 16.8. The highest BCUT2D eigenvalue weighted by Gasteiger charge is 2.03. The van der Waals surface area contributed by atoms with E-state index in [-0.39, 0.29) is 0 Å². The normalized spacial score (nSPS) is 12.2. The fourth-order valence-electron chi connectivity index (χ4n) is 2.18. The number of benzene rings is 2. The third kappa shape index (κ3) is 4.02. The molecule has 0 spiro atoms. The first kappa shape index (κ1) is 16.3. The van der Waals surface area contributed by atoms with Gasteiger partial charge in [-0.15, -0.1) is 10.2 Å². The van der Waals surface area contributed by atoms with Crippen LogP contribution >= 0.6 is 11.3 Å². The first-order valence-electron chi connectivity index (χ1n) is 7.92. The van der Waals surface area contributed by atoms with Gasteiger partial charge < -0.3 is 0 Å². The number of aromatic nitrogens is 1. The summed E-state index contributed by atoms with van der Waals surface area (Å²) in [5, 5.41) is 13.6. The SMILES string of the molecule is CCC/C(N=Nc1nc2ccccc2s1)=N/Nc1ccccc1C. The van der Waals surface area contributed by atoms with Crippen LogP contribution in [-0.2, 0) is 0 Å². The Hall–Kier alpha value is -2.60. The van der Waals surface area contributed by atoms with Gasteiger partial charge in [0.25, 0.3) is 0 Å². The number of anilines is 1. The molecule has 6 heteroatoms. The first-order valence-corrected chi connectivity index (χ1v) is 8.73. The molecule has 0 fully saturated rings. The minimum absolute atomic E-state index is 0.649. The van der Waals surface area contributed by atoms with E-state index in [0.717, 1.165) is 34.3 Å². The molecule has 3 rings (SSSR count). The molecular weight excluding hydrogens is 318 g/mol. The molecule has 0 saturated carbocycles. The molecule has 0 aliphatic heterocycles. The van der Waals surface area contributed by atoms with Gasteiger partial charge in [0, 0.05) is 6.42 Å². The lowest BCUT2D eigenvalue weighted by molar-refractivity contribution is 0.966. The van der Waals surface area contributed by atoms with Crippen LogP contribution in [0.3, 0.4) is 0 Å². The molecule has 0 bridgehead atoms. The molecule has 5 nitrogen and oxygen atoms in total. The number of azo groups is 1. The number of fused-ring (bicyclic) bond motifs is 1. The second-order valence-corrected chi connectivity index (χ2v) is 6.38. The van der Waals surface area contributed by atoms with Crippen molar-refractivity contribution in [3.8, 4) is 0 Å². The van der Waals surface area contributed by atoms with E-state index in [1.807, 2.05) is 55.5 Å². The summed E-state index contributed by atoms with van der Waals surface area (Å²) in [6.45, 7) is 4.14. The van der Waals surface area contributed by atoms with Gasteiger partial charge in [-0.05, 0) is 37.1 Å². The van der Waals surface area contributed by atoms with Gasteiger partial charge in [0.1, 0.15) is 0 Å². The van der Waals surface area contributed by atoms with E-state index in [0.29, 0.717) is 11.0 Å². The molecule has 0 radical (unpaired) electrons. The Morgan fingerprint density at radius 1 is 1.12 bits per heavy atom. The van der Waals surface area contributed by atoms with Crippen LogP contribution in [0.15, 0.2) is 63.9 Å². The van der Waals surface area contributed by atoms with Crippen molar-refractivity contribution in [2.75, 3.05) is 5.43 Å². The Morgan fingerprint density at radius 3 is 2.71 bits per heavy atom. The lowest BCUT2D eigenvalue weighted by Crippen LogP contribution is -1.99. The molecule has 2 aromatic carbocycles. The van der Waals surface area contributed by atoms with E-state index < -0.39 is 0 Å². The van der Waals surface area contributed by atoms with E-state index in [2.05, 4.69) is 32.7 Å². The minimum atomic E-state index is 0.649. The number of nitrogens with one attached hydrogen (secondary N) is 1. The van der Waals surface area contributed by atoms with Crippen molar-refractivity contribution in [2.24, 2.45) is 15.3 Å². The number of para-hydroxylation sites is 2. The Balaban J connectivity index is 1.77. The van der Waals surface area contributed by atoms with Gasteiger partial charge in [-0.25, -0.2) is 4.98 Å². The summed E-state index contributed by atoms with van der Waals surface area (Å²) >= 11 is 1.53. The summed E-state index contributed by atoms with van der Waals surface area (Å²) in [5.41, 5.74) is 6.14. The van der Waals surface area contributed by atoms with E-state index in [9.17, 15) is 0 Å². The van der Waals surface area contributed by atoms with Crippen molar-refractivity contribution < 1.29 is 0 Å². The average molecular weight is 337 g/mol. The fraction of sp³-hybridized carbons (Fsp3) is 0.222. The maximum absolute atomic E-state index is 4.46. The molecule has 0 aliphatic rings. The second-order valence-electron chi connectivity index (χ2n) is 5.37. The summed E-state index contributed by atoms with van der Waals surface area (Å²) < 4.78 is 1.11. The summed E-state index contributed by atoms with van der Waals surface area (Å²) in [4.78, 5) is 4.46. The van der Waals surface area contributed by atoms with Crippen molar-refractivity contribution in [3.05, 3.63) is 54.1 Å². The number of nitrogens with zero attached hydrogens (tertiary/aromatic N) is 4. The molecule has 1 N–H and O–H groups in total. The molecule has 1 aromatic heterocycles.